The number of rotatable bonds is 5. The van der Waals surface area contributed by atoms with Gasteiger partial charge in [0.15, 0.2) is 0 Å². The van der Waals surface area contributed by atoms with Crippen LogP contribution in [0.1, 0.15) is 26.7 Å². The molecule has 1 fully saturated rings. The van der Waals surface area contributed by atoms with E-state index in [4.69, 9.17) is 9.84 Å². The fourth-order valence-corrected chi connectivity index (χ4v) is 2.21. The van der Waals surface area contributed by atoms with Gasteiger partial charge in [-0.05, 0) is 18.8 Å². The number of carboxylic acids is 1. The number of piperidine rings is 1. The fraction of sp³-hybridized carbons (Fsp3) is 0.846. The van der Waals surface area contributed by atoms with Crippen LogP contribution in [-0.4, -0.2) is 54.9 Å². The van der Waals surface area contributed by atoms with Crippen LogP contribution in [-0.2, 0) is 9.53 Å². The molecule has 0 aromatic heterocycles. The SMILES string of the molecule is COC1CCN(C(=O)NCC(C(=O)O)C(C)C)CC1. The number of carbonyl (C=O) groups is 2. The van der Waals surface area contributed by atoms with Crippen LogP contribution in [0.3, 0.4) is 0 Å². The molecule has 6 nitrogen and oxygen atoms in total. The van der Waals surface area contributed by atoms with Crippen molar-refractivity contribution >= 4 is 12.0 Å². The molecule has 1 aliphatic rings. The molecule has 19 heavy (non-hydrogen) atoms. The van der Waals surface area contributed by atoms with Gasteiger partial charge < -0.3 is 20.1 Å². The minimum Gasteiger partial charge on any atom is -0.481 e. The third-order valence-corrected chi connectivity index (χ3v) is 3.66. The van der Waals surface area contributed by atoms with E-state index < -0.39 is 11.9 Å². The minimum absolute atomic E-state index is 0.00275. The number of nitrogens with zero attached hydrogens (tertiary/aromatic N) is 1. The molecule has 1 rings (SSSR count). The van der Waals surface area contributed by atoms with Crippen molar-refractivity contribution < 1.29 is 19.4 Å². The highest BCUT2D eigenvalue weighted by atomic mass is 16.5. The summed E-state index contributed by atoms with van der Waals surface area (Å²) >= 11 is 0. The number of amides is 2. The molecule has 6 heteroatoms. The van der Waals surface area contributed by atoms with Crippen LogP contribution in [0.4, 0.5) is 4.79 Å². The van der Waals surface area contributed by atoms with Gasteiger partial charge in [-0.15, -0.1) is 0 Å². The van der Waals surface area contributed by atoms with Crippen molar-refractivity contribution in [1.82, 2.24) is 10.2 Å². The third-order valence-electron chi connectivity index (χ3n) is 3.66. The number of nitrogens with one attached hydrogen (secondary N) is 1. The summed E-state index contributed by atoms with van der Waals surface area (Å²) in [7, 11) is 1.68. The number of carbonyl (C=O) groups excluding carboxylic acids is 1. The Morgan fingerprint density at radius 3 is 2.37 bits per heavy atom. The summed E-state index contributed by atoms with van der Waals surface area (Å²) < 4.78 is 5.24. The first-order valence-electron chi connectivity index (χ1n) is 6.74. The molecule has 0 bridgehead atoms. The minimum atomic E-state index is -0.867. The summed E-state index contributed by atoms with van der Waals surface area (Å²) in [5.74, 6) is -1.41. The number of hydrogen-bond acceptors (Lipinski definition) is 3. The van der Waals surface area contributed by atoms with E-state index in [1.54, 1.807) is 12.0 Å². The summed E-state index contributed by atoms with van der Waals surface area (Å²) in [6, 6.07) is -0.179. The lowest BCUT2D eigenvalue weighted by Crippen LogP contribution is -2.47. The molecule has 0 radical (unpaired) electrons. The smallest absolute Gasteiger partial charge is 0.317 e. The van der Waals surface area contributed by atoms with Crippen molar-refractivity contribution in [3.05, 3.63) is 0 Å². The normalized spacial score (nSPS) is 18.4. The second-order valence-electron chi connectivity index (χ2n) is 5.30. The van der Waals surface area contributed by atoms with Crippen molar-refractivity contribution in [1.29, 1.82) is 0 Å². The van der Waals surface area contributed by atoms with Crippen LogP contribution in [0.5, 0.6) is 0 Å². The van der Waals surface area contributed by atoms with Gasteiger partial charge in [-0.3, -0.25) is 4.79 Å². The summed E-state index contributed by atoms with van der Waals surface area (Å²) in [5.41, 5.74) is 0. The van der Waals surface area contributed by atoms with Gasteiger partial charge in [-0.1, -0.05) is 13.8 Å². The molecule has 1 heterocycles. The third kappa shape index (κ3) is 4.70. The Kier molecular flexibility index (Phi) is 6.08. The Bertz CT molecular complexity index is 312. The Hall–Kier alpha value is -1.30. The Labute approximate surface area is 114 Å². The molecule has 1 atom stereocenters. The zero-order chi connectivity index (χ0) is 14.4. The van der Waals surface area contributed by atoms with Crippen LogP contribution in [0, 0.1) is 11.8 Å². The summed E-state index contributed by atoms with van der Waals surface area (Å²) in [6.45, 7) is 5.17. The number of aliphatic carboxylic acids is 1. The van der Waals surface area contributed by atoms with Crippen molar-refractivity contribution in [3.8, 4) is 0 Å². The quantitative estimate of drug-likeness (QED) is 0.787. The predicted molar refractivity (Wildman–Crippen MR) is 71.0 cm³/mol. The first-order valence-corrected chi connectivity index (χ1v) is 6.74. The first-order chi connectivity index (χ1) is 8.95. The maximum atomic E-state index is 11.9. The van der Waals surface area contributed by atoms with Crippen LogP contribution in [0.25, 0.3) is 0 Å². The molecule has 0 aliphatic carbocycles. The van der Waals surface area contributed by atoms with E-state index in [-0.39, 0.29) is 24.6 Å². The molecule has 0 saturated carbocycles. The van der Waals surface area contributed by atoms with Crippen LogP contribution in [0.15, 0.2) is 0 Å². The van der Waals surface area contributed by atoms with Crippen molar-refractivity contribution in [2.75, 3.05) is 26.7 Å². The number of urea groups is 1. The standard InChI is InChI=1S/C13H24N2O4/c1-9(2)11(12(16)17)8-14-13(18)15-6-4-10(19-3)5-7-15/h9-11H,4-8H2,1-3H3,(H,14,18)(H,16,17). The van der Waals surface area contributed by atoms with E-state index in [0.29, 0.717) is 13.1 Å². The molecular formula is C13H24N2O4. The van der Waals surface area contributed by atoms with Crippen molar-refractivity contribution in [3.63, 3.8) is 0 Å². The lowest BCUT2D eigenvalue weighted by molar-refractivity contribution is -0.142. The molecule has 2 N–H and O–H groups in total. The van der Waals surface area contributed by atoms with Gasteiger partial charge >= 0.3 is 12.0 Å². The average Bonchev–Trinajstić information content (AvgIpc) is 2.38. The zero-order valence-electron chi connectivity index (χ0n) is 11.9. The molecular weight excluding hydrogens is 248 g/mol. The fourth-order valence-electron chi connectivity index (χ4n) is 2.21. The molecule has 2 amide bonds. The number of carboxylic acid groups (broad SMARTS) is 1. The maximum Gasteiger partial charge on any atom is 0.317 e. The highest BCUT2D eigenvalue weighted by Gasteiger charge is 2.25. The van der Waals surface area contributed by atoms with E-state index in [0.717, 1.165) is 12.8 Å². The van der Waals surface area contributed by atoms with E-state index >= 15 is 0 Å². The molecule has 1 saturated heterocycles. The van der Waals surface area contributed by atoms with E-state index in [1.165, 1.54) is 0 Å². The van der Waals surface area contributed by atoms with Gasteiger partial charge in [0, 0.05) is 26.7 Å². The maximum absolute atomic E-state index is 11.9. The largest absolute Gasteiger partial charge is 0.481 e. The number of methoxy groups -OCH3 is 1. The van der Waals surface area contributed by atoms with E-state index in [9.17, 15) is 9.59 Å². The van der Waals surface area contributed by atoms with E-state index in [1.807, 2.05) is 13.8 Å². The van der Waals surface area contributed by atoms with Crippen LogP contribution >= 0.6 is 0 Å². The average molecular weight is 272 g/mol. The predicted octanol–water partition coefficient (Wildman–Crippen LogP) is 1.16. The number of hydrogen-bond donors (Lipinski definition) is 2. The molecule has 1 unspecified atom stereocenters. The lowest BCUT2D eigenvalue weighted by Gasteiger charge is -2.31. The Balaban J connectivity index is 2.37. The topological polar surface area (TPSA) is 78.9 Å². The van der Waals surface area contributed by atoms with Crippen LogP contribution in [0.2, 0.25) is 0 Å². The lowest BCUT2D eigenvalue weighted by atomic mass is 9.96. The van der Waals surface area contributed by atoms with Gasteiger partial charge in [-0.25, -0.2) is 4.79 Å². The van der Waals surface area contributed by atoms with Gasteiger partial charge in [-0.2, -0.15) is 0 Å². The second-order valence-corrected chi connectivity index (χ2v) is 5.30. The van der Waals surface area contributed by atoms with Gasteiger partial charge in [0.05, 0.1) is 12.0 Å². The molecule has 0 aromatic rings. The molecule has 0 aromatic carbocycles. The molecule has 0 spiro atoms. The van der Waals surface area contributed by atoms with Crippen molar-refractivity contribution in [2.24, 2.45) is 11.8 Å². The second kappa shape index (κ2) is 7.33. The zero-order valence-corrected chi connectivity index (χ0v) is 11.9. The van der Waals surface area contributed by atoms with Crippen LogP contribution < -0.4 is 5.32 Å². The van der Waals surface area contributed by atoms with Gasteiger partial charge in [0.25, 0.3) is 0 Å². The summed E-state index contributed by atoms with van der Waals surface area (Å²) in [5, 5.41) is 11.8. The molecule has 110 valence electrons. The monoisotopic (exact) mass is 272 g/mol. The Morgan fingerprint density at radius 1 is 1.37 bits per heavy atom. The summed E-state index contributed by atoms with van der Waals surface area (Å²) in [4.78, 5) is 24.7. The van der Waals surface area contributed by atoms with Gasteiger partial charge in [0.1, 0.15) is 0 Å². The molecule has 1 aliphatic heterocycles. The van der Waals surface area contributed by atoms with Gasteiger partial charge in [0.2, 0.25) is 0 Å². The highest BCUT2D eigenvalue weighted by molar-refractivity contribution is 5.76. The highest BCUT2D eigenvalue weighted by Crippen LogP contribution is 2.13. The number of ether oxygens (including phenoxy) is 1. The first kappa shape index (κ1) is 15.8. The Morgan fingerprint density at radius 2 is 1.95 bits per heavy atom. The number of likely N-dealkylation sites (tertiary alicyclic amines) is 1. The summed E-state index contributed by atoms with van der Waals surface area (Å²) in [6.07, 6.45) is 1.89. The van der Waals surface area contributed by atoms with E-state index in [2.05, 4.69) is 5.32 Å². The van der Waals surface area contributed by atoms with Crippen molar-refractivity contribution in [2.45, 2.75) is 32.8 Å².